The van der Waals surface area contributed by atoms with Crippen LogP contribution in [0.15, 0.2) is 36.5 Å². The van der Waals surface area contributed by atoms with Gasteiger partial charge in [-0.05, 0) is 49.1 Å². The predicted octanol–water partition coefficient (Wildman–Crippen LogP) is 1.40. The Kier molecular flexibility index (Phi) is 4.35. The Labute approximate surface area is 176 Å². The van der Waals surface area contributed by atoms with Crippen LogP contribution in [0.1, 0.15) is 57.7 Å². The van der Waals surface area contributed by atoms with Crippen molar-refractivity contribution < 1.29 is 23.6 Å². The molecule has 3 heterocycles. The third-order valence-corrected chi connectivity index (χ3v) is 6.09. The van der Waals surface area contributed by atoms with Crippen molar-refractivity contribution in [2.75, 3.05) is 0 Å². The number of carbonyl (C=O) groups is 4. The molecule has 8 nitrogen and oxygen atoms in total. The van der Waals surface area contributed by atoms with Crippen molar-refractivity contribution in [3.8, 4) is 0 Å². The van der Waals surface area contributed by atoms with Crippen molar-refractivity contribution in [1.82, 2.24) is 20.5 Å². The molecule has 2 aliphatic heterocycles. The molecule has 1 aliphatic carbocycles. The lowest BCUT2D eigenvalue weighted by Gasteiger charge is -2.29. The number of halogens is 1. The second-order valence-corrected chi connectivity index (χ2v) is 8.14. The first-order valence-corrected chi connectivity index (χ1v) is 10.1. The van der Waals surface area contributed by atoms with Crippen molar-refractivity contribution in [3.63, 3.8) is 0 Å². The molecule has 2 fully saturated rings. The Morgan fingerprint density at radius 2 is 2.03 bits per heavy atom. The summed E-state index contributed by atoms with van der Waals surface area (Å²) in [5.74, 6) is -2.82. The fraction of sp³-hybridized carbons (Fsp3) is 0.318. The monoisotopic (exact) mass is 422 g/mol. The summed E-state index contributed by atoms with van der Waals surface area (Å²) in [6.45, 7) is 0.00384. The highest BCUT2D eigenvalue weighted by Crippen LogP contribution is 2.44. The number of carbonyl (C=O) groups excluding carboxylic acids is 4. The molecule has 0 spiro atoms. The van der Waals surface area contributed by atoms with Crippen molar-refractivity contribution in [2.24, 2.45) is 0 Å². The molecule has 1 saturated carbocycles. The van der Waals surface area contributed by atoms with E-state index in [1.54, 1.807) is 12.3 Å². The van der Waals surface area contributed by atoms with Crippen LogP contribution in [-0.4, -0.2) is 39.6 Å². The second kappa shape index (κ2) is 6.97. The number of pyridine rings is 1. The van der Waals surface area contributed by atoms with E-state index < -0.39 is 41.0 Å². The summed E-state index contributed by atoms with van der Waals surface area (Å²) in [5, 5.41) is 5.16. The second-order valence-electron chi connectivity index (χ2n) is 8.14. The lowest BCUT2D eigenvalue weighted by molar-refractivity contribution is -0.136. The van der Waals surface area contributed by atoms with Crippen LogP contribution in [0.3, 0.4) is 0 Å². The molecule has 1 aromatic carbocycles. The van der Waals surface area contributed by atoms with E-state index in [0.29, 0.717) is 5.56 Å². The quantitative estimate of drug-likeness (QED) is 0.724. The molecule has 1 atom stereocenters. The maximum Gasteiger partial charge on any atom is 0.258 e. The van der Waals surface area contributed by atoms with Crippen LogP contribution in [0, 0.1) is 5.82 Å². The van der Waals surface area contributed by atoms with E-state index >= 15 is 0 Å². The van der Waals surface area contributed by atoms with Gasteiger partial charge in [0, 0.05) is 24.7 Å². The summed E-state index contributed by atoms with van der Waals surface area (Å²) in [6.07, 6.45) is 3.44. The summed E-state index contributed by atoms with van der Waals surface area (Å²) in [6, 6.07) is 7.18. The number of hydrogen-bond donors (Lipinski definition) is 2. The van der Waals surface area contributed by atoms with E-state index in [-0.39, 0.29) is 30.5 Å². The van der Waals surface area contributed by atoms with Crippen LogP contribution in [0.2, 0.25) is 0 Å². The number of piperidine rings is 1. The normalized spacial score (nSPS) is 21.5. The predicted molar refractivity (Wildman–Crippen MR) is 105 cm³/mol. The molecule has 4 amide bonds. The Balaban J connectivity index is 1.38. The third kappa shape index (κ3) is 3.26. The van der Waals surface area contributed by atoms with Gasteiger partial charge in [-0.1, -0.05) is 6.07 Å². The first kappa shape index (κ1) is 19.3. The van der Waals surface area contributed by atoms with Gasteiger partial charge < -0.3 is 10.2 Å². The van der Waals surface area contributed by atoms with E-state index in [4.69, 9.17) is 0 Å². The summed E-state index contributed by atoms with van der Waals surface area (Å²) >= 11 is 0. The van der Waals surface area contributed by atoms with Gasteiger partial charge in [0.1, 0.15) is 11.9 Å². The lowest BCUT2D eigenvalue weighted by Crippen LogP contribution is -2.52. The molecule has 5 rings (SSSR count). The highest BCUT2D eigenvalue weighted by Gasteiger charge is 2.47. The smallest absolute Gasteiger partial charge is 0.258 e. The zero-order valence-electron chi connectivity index (χ0n) is 16.5. The SMILES string of the molecule is O=C1CCC(N2Cc3cc(C(=O)NC4(c5ccccn5)CC4)cc(F)c3C2=O)C(=O)N1. The minimum Gasteiger partial charge on any atom is -0.341 e. The first-order chi connectivity index (χ1) is 14.9. The Morgan fingerprint density at radius 3 is 2.71 bits per heavy atom. The van der Waals surface area contributed by atoms with E-state index in [1.165, 1.54) is 11.0 Å². The van der Waals surface area contributed by atoms with Crippen molar-refractivity contribution in [1.29, 1.82) is 0 Å². The number of rotatable bonds is 4. The summed E-state index contributed by atoms with van der Waals surface area (Å²) in [4.78, 5) is 54.8. The van der Waals surface area contributed by atoms with Crippen LogP contribution in [0.4, 0.5) is 4.39 Å². The van der Waals surface area contributed by atoms with E-state index in [2.05, 4.69) is 15.6 Å². The molecule has 0 bridgehead atoms. The van der Waals surface area contributed by atoms with E-state index in [9.17, 15) is 23.6 Å². The highest BCUT2D eigenvalue weighted by atomic mass is 19.1. The molecule has 31 heavy (non-hydrogen) atoms. The van der Waals surface area contributed by atoms with Gasteiger partial charge >= 0.3 is 0 Å². The van der Waals surface area contributed by atoms with Gasteiger partial charge in [-0.15, -0.1) is 0 Å². The van der Waals surface area contributed by atoms with Gasteiger partial charge in [0.25, 0.3) is 11.8 Å². The number of hydrogen-bond acceptors (Lipinski definition) is 5. The minimum atomic E-state index is -0.840. The summed E-state index contributed by atoms with van der Waals surface area (Å²) in [7, 11) is 0. The van der Waals surface area contributed by atoms with Gasteiger partial charge in [-0.2, -0.15) is 0 Å². The van der Waals surface area contributed by atoms with Crippen LogP contribution in [0.5, 0.6) is 0 Å². The first-order valence-electron chi connectivity index (χ1n) is 10.1. The zero-order chi connectivity index (χ0) is 21.8. The van der Waals surface area contributed by atoms with Crippen LogP contribution in [0.25, 0.3) is 0 Å². The van der Waals surface area contributed by atoms with Crippen molar-refractivity contribution >= 4 is 23.6 Å². The molecule has 158 valence electrons. The third-order valence-electron chi connectivity index (χ3n) is 6.09. The number of benzene rings is 1. The number of nitrogens with one attached hydrogen (secondary N) is 2. The molecular formula is C22H19FN4O4. The van der Waals surface area contributed by atoms with Gasteiger partial charge in [0.05, 0.1) is 16.8 Å². The Hall–Kier alpha value is -3.62. The lowest BCUT2D eigenvalue weighted by atomic mass is 10.0. The zero-order valence-corrected chi connectivity index (χ0v) is 16.5. The highest BCUT2D eigenvalue weighted by molar-refractivity contribution is 6.06. The largest absolute Gasteiger partial charge is 0.341 e. The maximum atomic E-state index is 14.8. The number of aromatic nitrogens is 1. The fourth-order valence-electron chi connectivity index (χ4n) is 4.29. The molecular weight excluding hydrogens is 403 g/mol. The van der Waals surface area contributed by atoms with Crippen molar-refractivity contribution in [2.45, 2.75) is 43.8 Å². The summed E-state index contributed by atoms with van der Waals surface area (Å²) in [5.41, 5.74) is 0.526. The molecule has 2 aromatic rings. The number of fused-ring (bicyclic) bond motifs is 1. The average molecular weight is 422 g/mol. The van der Waals surface area contributed by atoms with Gasteiger partial charge in [-0.3, -0.25) is 29.5 Å². The topological polar surface area (TPSA) is 108 Å². The standard InChI is InChI=1S/C22H19FN4O4/c23-14-10-12(19(29)26-22(6-7-22)16-3-1-2-8-24-16)9-13-11-27(21(31)18(13)14)15-4-5-17(28)25-20(15)30/h1-3,8-10,15H,4-7,11H2,(H,26,29)(H,25,28,30). The summed E-state index contributed by atoms with van der Waals surface area (Å²) < 4.78 is 14.8. The number of amides is 4. The fourth-order valence-corrected chi connectivity index (χ4v) is 4.29. The number of imide groups is 1. The van der Waals surface area contributed by atoms with E-state index in [0.717, 1.165) is 24.6 Å². The molecule has 0 radical (unpaired) electrons. The molecule has 3 aliphatic rings. The van der Waals surface area contributed by atoms with E-state index in [1.807, 2.05) is 12.1 Å². The molecule has 2 N–H and O–H groups in total. The minimum absolute atomic E-state index is 0.00384. The van der Waals surface area contributed by atoms with Crippen LogP contribution < -0.4 is 10.6 Å². The molecule has 9 heteroatoms. The van der Waals surface area contributed by atoms with Crippen molar-refractivity contribution in [3.05, 3.63) is 64.7 Å². The van der Waals surface area contributed by atoms with Crippen LogP contribution in [-0.2, 0) is 21.7 Å². The molecule has 1 unspecified atom stereocenters. The molecule has 1 aromatic heterocycles. The Morgan fingerprint density at radius 1 is 1.23 bits per heavy atom. The Bertz CT molecular complexity index is 1130. The number of nitrogens with zero attached hydrogens (tertiary/aromatic N) is 2. The maximum absolute atomic E-state index is 14.8. The van der Waals surface area contributed by atoms with Gasteiger partial charge in [0.2, 0.25) is 11.8 Å². The van der Waals surface area contributed by atoms with Crippen LogP contribution >= 0.6 is 0 Å². The van der Waals surface area contributed by atoms with Gasteiger partial charge in [0.15, 0.2) is 0 Å². The molecule has 1 saturated heterocycles. The average Bonchev–Trinajstić information content (AvgIpc) is 3.45. The van der Waals surface area contributed by atoms with Gasteiger partial charge in [-0.25, -0.2) is 4.39 Å².